The molecule has 0 aliphatic heterocycles. The molecule has 0 aromatic rings. The second-order valence-electron chi connectivity index (χ2n) is 1.11. The minimum Gasteiger partial charge on any atom is -0.451 e. The fourth-order valence-electron chi connectivity index (χ4n) is 0.182. The van der Waals surface area contributed by atoms with Crippen LogP contribution in [0, 0.1) is 0 Å². The smallest absolute Gasteiger partial charge is 0.331 e. The van der Waals surface area contributed by atoms with Gasteiger partial charge < -0.3 is 4.74 Å². The Morgan fingerprint density at radius 1 is 1.75 bits per heavy atom. The summed E-state index contributed by atoms with van der Waals surface area (Å²) in [7, 11) is 4.61. The summed E-state index contributed by atoms with van der Waals surface area (Å²) in [6, 6.07) is 0. The van der Waals surface area contributed by atoms with Crippen molar-refractivity contribution in [2.45, 2.75) is 5.59 Å². The van der Waals surface area contributed by atoms with Crippen LogP contribution in [0.3, 0.4) is 0 Å². The average molecular weight is 150 g/mol. The van der Waals surface area contributed by atoms with Gasteiger partial charge in [0.15, 0.2) is 0 Å². The highest BCUT2D eigenvalue weighted by molar-refractivity contribution is 7.37. The van der Waals surface area contributed by atoms with Crippen molar-refractivity contribution < 1.29 is 9.53 Å². The molecule has 0 fully saturated rings. The first kappa shape index (κ1) is 8.07. The molecule has 0 spiro atoms. The lowest BCUT2D eigenvalue weighted by Gasteiger charge is -2.02. The van der Waals surface area contributed by atoms with Crippen LogP contribution >= 0.6 is 18.5 Å². The minimum absolute atomic E-state index is 0.208. The standard InChI is InChI=1S/C4H8O2P2/c1-2-3(5)6-4(7)8/h2,4H,1,7-8H2. The van der Waals surface area contributed by atoms with Crippen LogP contribution in [0.1, 0.15) is 0 Å². The van der Waals surface area contributed by atoms with Crippen molar-refractivity contribution >= 4 is 24.4 Å². The fourth-order valence-corrected chi connectivity index (χ4v) is 0.450. The van der Waals surface area contributed by atoms with Gasteiger partial charge in [0.05, 0.1) is 0 Å². The van der Waals surface area contributed by atoms with Crippen molar-refractivity contribution in [3.05, 3.63) is 12.7 Å². The van der Waals surface area contributed by atoms with Crippen LogP contribution in [0.25, 0.3) is 0 Å². The van der Waals surface area contributed by atoms with Gasteiger partial charge in [-0.3, -0.25) is 0 Å². The van der Waals surface area contributed by atoms with Gasteiger partial charge in [0.1, 0.15) is 5.59 Å². The molecule has 0 saturated carbocycles. The van der Waals surface area contributed by atoms with E-state index in [-0.39, 0.29) is 5.59 Å². The number of hydrogen-bond acceptors (Lipinski definition) is 2. The highest BCUT2D eigenvalue weighted by Crippen LogP contribution is 2.09. The molecule has 8 heavy (non-hydrogen) atoms. The normalized spacial score (nSPS) is 8.88. The Morgan fingerprint density at radius 3 is 2.38 bits per heavy atom. The van der Waals surface area contributed by atoms with E-state index in [4.69, 9.17) is 0 Å². The van der Waals surface area contributed by atoms with Crippen LogP contribution in [0.4, 0.5) is 0 Å². The Balaban J connectivity index is 3.39. The molecule has 0 aromatic heterocycles. The largest absolute Gasteiger partial charge is 0.451 e. The molecule has 0 aliphatic rings. The third kappa shape index (κ3) is 4.23. The molecule has 0 amide bonds. The number of carbonyl (C=O) groups is 1. The molecule has 0 saturated heterocycles. The van der Waals surface area contributed by atoms with Crippen LogP contribution in [-0.4, -0.2) is 11.6 Å². The fraction of sp³-hybridized carbons (Fsp3) is 0.250. The predicted molar refractivity (Wildman–Crippen MR) is 39.5 cm³/mol. The molecule has 2 unspecified atom stereocenters. The van der Waals surface area contributed by atoms with Gasteiger partial charge >= 0.3 is 5.97 Å². The minimum atomic E-state index is -0.403. The maximum absolute atomic E-state index is 10.3. The number of esters is 1. The van der Waals surface area contributed by atoms with E-state index in [1.165, 1.54) is 0 Å². The van der Waals surface area contributed by atoms with E-state index >= 15 is 0 Å². The number of ether oxygens (including phenoxy) is 1. The zero-order valence-corrected chi connectivity index (χ0v) is 6.64. The Hall–Kier alpha value is 0.0700. The van der Waals surface area contributed by atoms with E-state index in [1.807, 2.05) is 0 Å². The van der Waals surface area contributed by atoms with E-state index < -0.39 is 5.97 Å². The topological polar surface area (TPSA) is 26.3 Å². The summed E-state index contributed by atoms with van der Waals surface area (Å²) in [5, 5.41) is 0. The molecule has 0 aromatic carbocycles. The Morgan fingerprint density at radius 2 is 2.25 bits per heavy atom. The third-order valence-electron chi connectivity index (χ3n) is 0.419. The maximum Gasteiger partial charge on any atom is 0.331 e. The van der Waals surface area contributed by atoms with Gasteiger partial charge in [0.25, 0.3) is 0 Å². The van der Waals surface area contributed by atoms with Crippen molar-refractivity contribution in [2.24, 2.45) is 0 Å². The monoisotopic (exact) mass is 150 g/mol. The van der Waals surface area contributed by atoms with Gasteiger partial charge in [-0.15, -0.1) is 0 Å². The van der Waals surface area contributed by atoms with Gasteiger partial charge in [-0.1, -0.05) is 25.1 Å². The van der Waals surface area contributed by atoms with Crippen LogP contribution in [-0.2, 0) is 9.53 Å². The summed E-state index contributed by atoms with van der Waals surface area (Å²) in [5.41, 5.74) is -0.208. The van der Waals surface area contributed by atoms with Crippen LogP contribution in [0.5, 0.6) is 0 Å². The first-order valence-corrected chi connectivity index (χ1v) is 3.34. The number of hydrogen-bond donors (Lipinski definition) is 0. The van der Waals surface area contributed by atoms with E-state index in [1.54, 1.807) is 0 Å². The third-order valence-corrected chi connectivity index (χ3v) is 0.691. The van der Waals surface area contributed by atoms with Crippen LogP contribution in [0.15, 0.2) is 12.7 Å². The summed E-state index contributed by atoms with van der Waals surface area (Å²) in [6.07, 6.45) is 1.13. The zero-order valence-electron chi connectivity index (χ0n) is 4.33. The Kier molecular flexibility index (Phi) is 4.03. The lowest BCUT2D eigenvalue weighted by Crippen LogP contribution is -2.01. The molecule has 4 heteroatoms. The van der Waals surface area contributed by atoms with E-state index in [2.05, 4.69) is 29.8 Å². The van der Waals surface area contributed by atoms with Crippen molar-refractivity contribution in [1.29, 1.82) is 0 Å². The molecule has 2 atom stereocenters. The van der Waals surface area contributed by atoms with E-state index in [0.717, 1.165) is 6.08 Å². The summed E-state index contributed by atoms with van der Waals surface area (Å²) >= 11 is 0. The Labute approximate surface area is 53.1 Å². The van der Waals surface area contributed by atoms with Gasteiger partial charge in [-0.2, -0.15) is 0 Å². The first-order chi connectivity index (χ1) is 3.66. The van der Waals surface area contributed by atoms with Crippen molar-refractivity contribution in [3.8, 4) is 0 Å². The number of carbonyl (C=O) groups excluding carboxylic acids is 1. The van der Waals surface area contributed by atoms with Gasteiger partial charge in [0.2, 0.25) is 0 Å². The van der Waals surface area contributed by atoms with E-state index in [0.29, 0.717) is 0 Å². The summed E-state index contributed by atoms with van der Waals surface area (Å²) < 4.78 is 4.57. The molecule has 0 bridgehead atoms. The number of rotatable bonds is 2. The quantitative estimate of drug-likeness (QED) is 0.330. The molecule has 0 heterocycles. The highest BCUT2D eigenvalue weighted by Gasteiger charge is 1.96. The lowest BCUT2D eigenvalue weighted by atomic mass is 10.7. The van der Waals surface area contributed by atoms with Gasteiger partial charge in [0, 0.05) is 6.08 Å². The highest BCUT2D eigenvalue weighted by atomic mass is 31.1. The molecule has 0 radical (unpaired) electrons. The summed E-state index contributed by atoms with van der Waals surface area (Å²) in [5.74, 6) is -0.403. The maximum atomic E-state index is 10.3. The van der Waals surface area contributed by atoms with Crippen LogP contribution < -0.4 is 0 Å². The zero-order chi connectivity index (χ0) is 6.57. The predicted octanol–water partition coefficient (Wildman–Crippen LogP) is 0.749. The van der Waals surface area contributed by atoms with Crippen molar-refractivity contribution in [2.75, 3.05) is 0 Å². The van der Waals surface area contributed by atoms with E-state index in [9.17, 15) is 4.79 Å². The summed E-state index contributed by atoms with van der Waals surface area (Å²) in [4.78, 5) is 10.3. The lowest BCUT2D eigenvalue weighted by molar-refractivity contribution is -0.136. The van der Waals surface area contributed by atoms with Crippen molar-refractivity contribution in [3.63, 3.8) is 0 Å². The van der Waals surface area contributed by atoms with Gasteiger partial charge in [-0.25, -0.2) is 4.79 Å². The molecule has 46 valence electrons. The van der Waals surface area contributed by atoms with Gasteiger partial charge in [-0.05, 0) is 0 Å². The summed E-state index contributed by atoms with van der Waals surface area (Å²) in [6.45, 7) is 3.22. The molecular weight excluding hydrogens is 142 g/mol. The van der Waals surface area contributed by atoms with Crippen LogP contribution in [0.2, 0.25) is 0 Å². The molecule has 2 nitrogen and oxygen atoms in total. The average Bonchev–Trinajstić information content (AvgIpc) is 1.65. The Bertz CT molecular complexity index is 100. The first-order valence-electron chi connectivity index (χ1n) is 2.01. The molecular formula is C4H8O2P2. The van der Waals surface area contributed by atoms with Crippen molar-refractivity contribution in [1.82, 2.24) is 0 Å². The molecule has 0 N–H and O–H groups in total. The molecule has 0 rings (SSSR count). The second-order valence-corrected chi connectivity index (χ2v) is 3.19. The second kappa shape index (κ2) is 4.00. The SMILES string of the molecule is C=CC(=O)OC(P)P. The molecule has 0 aliphatic carbocycles.